The Balaban J connectivity index is 1.47. The number of carbonyl (C=O) groups is 1. The van der Waals surface area contributed by atoms with Crippen molar-refractivity contribution in [1.29, 1.82) is 0 Å². The molecule has 0 radical (unpaired) electrons. The minimum absolute atomic E-state index is 0.0554. The Bertz CT molecular complexity index is 1050. The van der Waals surface area contributed by atoms with Gasteiger partial charge < -0.3 is 10.2 Å². The summed E-state index contributed by atoms with van der Waals surface area (Å²) in [5.74, 6) is 0.551. The number of nitro benzene ring substituents is 1. The fourth-order valence-electron chi connectivity index (χ4n) is 3.46. The highest BCUT2D eigenvalue weighted by Crippen LogP contribution is 2.23. The third-order valence-corrected chi connectivity index (χ3v) is 5.09. The first kappa shape index (κ1) is 19.5. The fourth-order valence-corrected chi connectivity index (χ4v) is 3.46. The molecule has 0 unspecified atom stereocenters. The molecule has 152 valence electrons. The van der Waals surface area contributed by atoms with Gasteiger partial charge in [-0.3, -0.25) is 14.9 Å². The molecule has 0 aliphatic carbocycles. The van der Waals surface area contributed by atoms with Crippen LogP contribution in [0.3, 0.4) is 0 Å². The quantitative estimate of drug-likeness (QED) is 0.504. The van der Waals surface area contributed by atoms with Gasteiger partial charge in [0, 0.05) is 42.0 Å². The lowest BCUT2D eigenvalue weighted by Gasteiger charge is -2.27. The number of aromatic nitrogens is 2. The molecule has 1 saturated heterocycles. The second-order valence-corrected chi connectivity index (χ2v) is 7.16. The summed E-state index contributed by atoms with van der Waals surface area (Å²) in [6.45, 7) is 2.02. The second-order valence-electron chi connectivity index (χ2n) is 7.16. The van der Waals surface area contributed by atoms with Gasteiger partial charge in [-0.2, -0.15) is 0 Å². The molecule has 8 nitrogen and oxygen atoms in total. The summed E-state index contributed by atoms with van der Waals surface area (Å²) in [5, 5.41) is 22.3. The van der Waals surface area contributed by atoms with Crippen LogP contribution in [-0.2, 0) is 0 Å². The maximum absolute atomic E-state index is 12.4. The smallest absolute Gasteiger partial charge is 0.269 e. The van der Waals surface area contributed by atoms with Crippen LogP contribution < -0.4 is 10.2 Å². The van der Waals surface area contributed by atoms with Crippen LogP contribution in [0.25, 0.3) is 11.3 Å². The number of amides is 1. The highest BCUT2D eigenvalue weighted by molar-refractivity contribution is 6.04. The first-order valence-corrected chi connectivity index (χ1v) is 9.85. The predicted molar refractivity (Wildman–Crippen MR) is 115 cm³/mol. The van der Waals surface area contributed by atoms with E-state index in [-0.39, 0.29) is 11.6 Å². The van der Waals surface area contributed by atoms with Crippen LogP contribution in [0.5, 0.6) is 0 Å². The van der Waals surface area contributed by atoms with Crippen LogP contribution in [-0.4, -0.2) is 34.1 Å². The van der Waals surface area contributed by atoms with Crippen molar-refractivity contribution in [2.75, 3.05) is 23.3 Å². The van der Waals surface area contributed by atoms with E-state index < -0.39 is 4.92 Å². The van der Waals surface area contributed by atoms with Crippen molar-refractivity contribution in [3.8, 4) is 11.3 Å². The second kappa shape index (κ2) is 8.69. The zero-order valence-electron chi connectivity index (χ0n) is 16.3. The Labute approximate surface area is 173 Å². The monoisotopic (exact) mass is 403 g/mol. The molecule has 30 heavy (non-hydrogen) atoms. The minimum Gasteiger partial charge on any atom is -0.355 e. The van der Waals surface area contributed by atoms with Gasteiger partial charge in [-0.05, 0) is 55.7 Å². The highest BCUT2D eigenvalue weighted by atomic mass is 16.6. The van der Waals surface area contributed by atoms with E-state index in [9.17, 15) is 14.9 Å². The summed E-state index contributed by atoms with van der Waals surface area (Å²) >= 11 is 0. The average Bonchev–Trinajstić information content (AvgIpc) is 2.80. The topological polar surface area (TPSA) is 101 Å². The molecule has 8 heteroatoms. The van der Waals surface area contributed by atoms with E-state index in [1.807, 2.05) is 30.3 Å². The summed E-state index contributed by atoms with van der Waals surface area (Å²) in [7, 11) is 0. The molecule has 2 aromatic carbocycles. The number of carbonyl (C=O) groups excluding carboxylic acids is 1. The molecule has 0 saturated carbocycles. The molecule has 1 fully saturated rings. The molecule has 1 aromatic heterocycles. The van der Waals surface area contributed by atoms with Gasteiger partial charge in [0.1, 0.15) is 0 Å². The summed E-state index contributed by atoms with van der Waals surface area (Å²) in [5.41, 5.74) is 2.46. The zero-order valence-corrected chi connectivity index (χ0v) is 16.3. The maximum atomic E-state index is 12.4. The molecule has 0 atom stereocenters. The Morgan fingerprint density at radius 2 is 1.73 bits per heavy atom. The number of hydrogen-bond donors (Lipinski definition) is 1. The Kier molecular flexibility index (Phi) is 5.65. The van der Waals surface area contributed by atoms with Gasteiger partial charge in [-0.25, -0.2) is 0 Å². The van der Waals surface area contributed by atoms with Gasteiger partial charge in [0.05, 0.1) is 10.6 Å². The number of nitrogens with one attached hydrogen (secondary N) is 1. The number of hydrogen-bond acceptors (Lipinski definition) is 6. The normalized spacial score (nSPS) is 13.7. The van der Waals surface area contributed by atoms with Crippen molar-refractivity contribution in [2.45, 2.75) is 19.3 Å². The number of non-ortho nitro benzene ring substituents is 1. The van der Waals surface area contributed by atoms with Gasteiger partial charge >= 0.3 is 0 Å². The molecule has 1 amide bonds. The van der Waals surface area contributed by atoms with E-state index in [1.54, 1.807) is 6.07 Å². The van der Waals surface area contributed by atoms with E-state index in [0.717, 1.165) is 30.2 Å². The molecular weight excluding hydrogens is 382 g/mol. The summed E-state index contributed by atoms with van der Waals surface area (Å²) in [4.78, 5) is 24.9. The number of nitro groups is 1. The standard InChI is InChI=1S/C22H21N5O3/c28-22(16-7-9-19(10-8-16)27(29)30)23-18-6-4-5-17(15-18)20-11-12-21(25-24-20)26-13-2-1-3-14-26/h4-12,15H,1-3,13-14H2,(H,23,28). The van der Waals surface area contributed by atoms with Crippen molar-refractivity contribution >= 4 is 23.1 Å². The third kappa shape index (κ3) is 4.43. The van der Waals surface area contributed by atoms with Crippen molar-refractivity contribution in [2.24, 2.45) is 0 Å². The molecule has 1 aliphatic heterocycles. The number of benzene rings is 2. The lowest BCUT2D eigenvalue weighted by Crippen LogP contribution is -2.30. The van der Waals surface area contributed by atoms with Crippen LogP contribution in [0.15, 0.2) is 60.7 Å². The third-order valence-electron chi connectivity index (χ3n) is 5.09. The molecule has 0 bridgehead atoms. The number of nitrogens with zero attached hydrogens (tertiary/aromatic N) is 4. The van der Waals surface area contributed by atoms with Crippen molar-refractivity contribution in [1.82, 2.24) is 10.2 Å². The van der Waals surface area contributed by atoms with Crippen LogP contribution in [0, 0.1) is 10.1 Å². The fraction of sp³-hybridized carbons (Fsp3) is 0.227. The minimum atomic E-state index is -0.497. The predicted octanol–water partition coefficient (Wildman–Crippen LogP) is 4.29. The molecular formula is C22H21N5O3. The van der Waals surface area contributed by atoms with E-state index in [1.165, 1.54) is 43.5 Å². The highest BCUT2D eigenvalue weighted by Gasteiger charge is 2.13. The zero-order chi connectivity index (χ0) is 20.9. The van der Waals surface area contributed by atoms with Gasteiger partial charge in [0.15, 0.2) is 5.82 Å². The van der Waals surface area contributed by atoms with E-state index in [0.29, 0.717) is 11.3 Å². The lowest BCUT2D eigenvalue weighted by atomic mass is 10.1. The van der Waals surface area contributed by atoms with Crippen LogP contribution in [0.2, 0.25) is 0 Å². The molecule has 0 spiro atoms. The van der Waals surface area contributed by atoms with Crippen molar-refractivity contribution in [3.05, 3.63) is 76.3 Å². The van der Waals surface area contributed by atoms with E-state index in [4.69, 9.17) is 0 Å². The molecule has 1 N–H and O–H groups in total. The molecule has 4 rings (SSSR count). The first-order chi connectivity index (χ1) is 14.6. The average molecular weight is 403 g/mol. The van der Waals surface area contributed by atoms with Gasteiger partial charge in [0.2, 0.25) is 0 Å². The molecule has 1 aliphatic rings. The van der Waals surface area contributed by atoms with Gasteiger partial charge in [-0.15, -0.1) is 10.2 Å². The maximum Gasteiger partial charge on any atom is 0.269 e. The SMILES string of the molecule is O=C(Nc1cccc(-c2ccc(N3CCCCC3)nn2)c1)c1ccc([N+](=O)[O-])cc1. The Morgan fingerprint density at radius 3 is 2.40 bits per heavy atom. The van der Waals surface area contributed by atoms with Crippen molar-refractivity contribution in [3.63, 3.8) is 0 Å². The largest absolute Gasteiger partial charge is 0.355 e. The summed E-state index contributed by atoms with van der Waals surface area (Å²) in [6, 6.07) is 16.8. The lowest BCUT2D eigenvalue weighted by molar-refractivity contribution is -0.384. The Morgan fingerprint density at radius 1 is 0.967 bits per heavy atom. The first-order valence-electron chi connectivity index (χ1n) is 9.85. The number of piperidine rings is 1. The van der Waals surface area contributed by atoms with Crippen LogP contribution in [0.1, 0.15) is 29.6 Å². The van der Waals surface area contributed by atoms with E-state index in [2.05, 4.69) is 20.4 Å². The number of rotatable bonds is 5. The molecule has 3 aromatic rings. The van der Waals surface area contributed by atoms with Crippen LogP contribution in [0.4, 0.5) is 17.2 Å². The number of anilines is 2. The summed E-state index contributed by atoms with van der Waals surface area (Å²) in [6.07, 6.45) is 3.63. The van der Waals surface area contributed by atoms with E-state index >= 15 is 0 Å². The summed E-state index contributed by atoms with van der Waals surface area (Å²) < 4.78 is 0. The van der Waals surface area contributed by atoms with Gasteiger partial charge in [0.25, 0.3) is 11.6 Å². The van der Waals surface area contributed by atoms with Crippen LogP contribution >= 0.6 is 0 Å². The Hall–Kier alpha value is -3.81. The molecule has 2 heterocycles. The van der Waals surface area contributed by atoms with Crippen molar-refractivity contribution < 1.29 is 9.72 Å². The van der Waals surface area contributed by atoms with Gasteiger partial charge in [-0.1, -0.05) is 12.1 Å².